The normalized spacial score (nSPS) is 7.00. The Hall–Kier alpha value is 0.557. The summed E-state index contributed by atoms with van der Waals surface area (Å²) in [5, 5.41) is 2.89. The molecule has 1 N–H and O–H groups in total. The summed E-state index contributed by atoms with van der Waals surface area (Å²) >= 11 is 0. The summed E-state index contributed by atoms with van der Waals surface area (Å²) < 4.78 is 0. The predicted octanol–water partition coefficient (Wildman–Crippen LogP) is -2.75. The minimum Gasteiger partial charge on any atom is -0.376 e. The van der Waals surface area contributed by atoms with Crippen molar-refractivity contribution in [3.8, 4) is 0 Å². The van der Waals surface area contributed by atoms with Gasteiger partial charge in [-0.3, -0.25) is 0 Å². The van der Waals surface area contributed by atoms with Crippen LogP contribution >= 0.6 is 0 Å². The SMILES string of the molecule is [CH2-]CNC[CH2-].[Li+]. The van der Waals surface area contributed by atoms with Crippen molar-refractivity contribution in [1.29, 1.82) is 0 Å². The molecule has 0 aliphatic rings. The van der Waals surface area contributed by atoms with Crippen molar-refractivity contribution in [1.82, 2.24) is 5.32 Å². The minimum absolute atomic E-state index is 0. The number of hydrogen-bond acceptors (Lipinski definition) is 1. The van der Waals surface area contributed by atoms with Gasteiger partial charge in [0.2, 0.25) is 0 Å². The van der Waals surface area contributed by atoms with E-state index in [0.29, 0.717) is 0 Å². The maximum Gasteiger partial charge on any atom is 1.00 e. The van der Waals surface area contributed by atoms with Gasteiger partial charge in [-0.1, -0.05) is 0 Å². The Bertz CT molecular complexity index is 15.0. The quantitative estimate of drug-likeness (QED) is 0.279. The minimum atomic E-state index is 0. The van der Waals surface area contributed by atoms with Crippen LogP contribution in [0.5, 0.6) is 0 Å². The second-order valence-electron chi connectivity index (χ2n) is 0.750. The average molecular weight is 78.1 g/mol. The third-order valence-corrected chi connectivity index (χ3v) is 0.354. The first-order valence-corrected chi connectivity index (χ1v) is 1.71. The molecule has 0 aromatic heterocycles. The van der Waals surface area contributed by atoms with Crippen molar-refractivity contribution in [2.45, 2.75) is 0 Å². The molecule has 0 fully saturated rings. The molecule has 6 heavy (non-hydrogen) atoms. The summed E-state index contributed by atoms with van der Waals surface area (Å²) in [5.41, 5.74) is 0. The summed E-state index contributed by atoms with van der Waals surface area (Å²) in [6.45, 7) is 8.61. The molecule has 0 saturated heterocycles. The molecule has 1 nitrogen and oxygen atoms in total. The smallest absolute Gasteiger partial charge is 0.376 e. The number of rotatable bonds is 2. The molecule has 0 unspecified atom stereocenters. The van der Waals surface area contributed by atoms with Gasteiger partial charge in [0.05, 0.1) is 0 Å². The van der Waals surface area contributed by atoms with Crippen molar-refractivity contribution in [2.75, 3.05) is 13.1 Å². The molecule has 0 bridgehead atoms. The fourth-order valence-electron chi connectivity index (χ4n) is 0.125. The van der Waals surface area contributed by atoms with Crippen LogP contribution in [0, 0.1) is 13.8 Å². The number of hydrogen-bond donors (Lipinski definition) is 1. The zero-order valence-corrected chi connectivity index (χ0v) is 4.33. The Morgan fingerprint density at radius 1 is 1.17 bits per heavy atom. The van der Waals surface area contributed by atoms with E-state index >= 15 is 0 Å². The van der Waals surface area contributed by atoms with Crippen LogP contribution in [0.1, 0.15) is 0 Å². The molecule has 0 aliphatic carbocycles. The van der Waals surface area contributed by atoms with Crippen LogP contribution in [0.15, 0.2) is 0 Å². The Morgan fingerprint density at radius 3 is 1.50 bits per heavy atom. The molecule has 0 aromatic rings. The van der Waals surface area contributed by atoms with E-state index in [1.807, 2.05) is 0 Å². The van der Waals surface area contributed by atoms with E-state index in [2.05, 4.69) is 19.2 Å². The van der Waals surface area contributed by atoms with E-state index in [9.17, 15) is 0 Å². The second-order valence-corrected chi connectivity index (χ2v) is 0.750. The van der Waals surface area contributed by atoms with Crippen LogP contribution in [0.4, 0.5) is 0 Å². The first kappa shape index (κ1) is 9.75. The molecule has 0 saturated carbocycles. The van der Waals surface area contributed by atoms with Gasteiger partial charge in [0.1, 0.15) is 0 Å². The van der Waals surface area contributed by atoms with Gasteiger partial charge < -0.3 is 19.2 Å². The van der Waals surface area contributed by atoms with E-state index in [1.165, 1.54) is 0 Å². The maximum absolute atomic E-state index is 3.52. The third kappa shape index (κ3) is 8.82. The monoisotopic (exact) mass is 78.1 g/mol. The summed E-state index contributed by atoms with van der Waals surface area (Å²) in [7, 11) is 0. The van der Waals surface area contributed by atoms with Gasteiger partial charge in [-0.15, -0.1) is 13.1 Å². The van der Waals surface area contributed by atoms with Crippen molar-refractivity contribution >= 4 is 0 Å². The van der Waals surface area contributed by atoms with E-state index in [0.717, 1.165) is 13.1 Å². The summed E-state index contributed by atoms with van der Waals surface area (Å²) in [4.78, 5) is 0. The van der Waals surface area contributed by atoms with Crippen LogP contribution < -0.4 is 24.2 Å². The van der Waals surface area contributed by atoms with Crippen LogP contribution in [0.3, 0.4) is 0 Å². The van der Waals surface area contributed by atoms with Crippen molar-refractivity contribution < 1.29 is 18.9 Å². The molecule has 0 aliphatic heterocycles. The van der Waals surface area contributed by atoms with Gasteiger partial charge in [0.15, 0.2) is 0 Å². The van der Waals surface area contributed by atoms with Gasteiger partial charge in [-0.25, -0.2) is 0 Å². The maximum atomic E-state index is 3.52. The van der Waals surface area contributed by atoms with E-state index in [4.69, 9.17) is 0 Å². The molecule has 2 heteroatoms. The first-order chi connectivity index (χ1) is 2.41. The Balaban J connectivity index is 0. The van der Waals surface area contributed by atoms with Gasteiger partial charge in [-0.05, 0) is 0 Å². The fourth-order valence-corrected chi connectivity index (χ4v) is 0.125. The molecule has 0 atom stereocenters. The second kappa shape index (κ2) is 9.12. The van der Waals surface area contributed by atoms with Gasteiger partial charge in [0, 0.05) is 0 Å². The van der Waals surface area contributed by atoms with Crippen LogP contribution in [0.25, 0.3) is 0 Å². The summed E-state index contributed by atoms with van der Waals surface area (Å²) in [5.74, 6) is 0. The van der Waals surface area contributed by atoms with Crippen molar-refractivity contribution in [3.05, 3.63) is 13.8 Å². The van der Waals surface area contributed by atoms with Crippen molar-refractivity contribution in [2.24, 2.45) is 0 Å². The van der Waals surface area contributed by atoms with E-state index in [-0.39, 0.29) is 18.9 Å². The van der Waals surface area contributed by atoms with Crippen LogP contribution in [-0.4, -0.2) is 13.1 Å². The van der Waals surface area contributed by atoms with Crippen molar-refractivity contribution in [3.63, 3.8) is 0 Å². The predicted molar refractivity (Wildman–Crippen MR) is 23.6 cm³/mol. The van der Waals surface area contributed by atoms with E-state index in [1.54, 1.807) is 0 Å². The molecule has 0 radical (unpaired) electrons. The fraction of sp³-hybridized carbons (Fsp3) is 0.500. The summed E-state index contributed by atoms with van der Waals surface area (Å²) in [6.07, 6.45) is 0. The van der Waals surface area contributed by atoms with Gasteiger partial charge >= 0.3 is 18.9 Å². The molecule has 0 rings (SSSR count). The Morgan fingerprint density at radius 2 is 1.50 bits per heavy atom. The standard InChI is InChI=1S/C4H9N.Li/c1-3-5-4-2;/h5H,1-4H2;/q-2;+1. The third-order valence-electron chi connectivity index (χ3n) is 0.354. The van der Waals surface area contributed by atoms with Crippen LogP contribution in [0.2, 0.25) is 0 Å². The largest absolute Gasteiger partial charge is 1.00 e. The molecule has 0 aromatic carbocycles. The topological polar surface area (TPSA) is 12.0 Å². The first-order valence-electron chi connectivity index (χ1n) is 1.71. The number of nitrogens with one attached hydrogen (secondary N) is 1. The van der Waals surface area contributed by atoms with Gasteiger partial charge in [-0.2, -0.15) is 0 Å². The molecule has 32 valence electrons. The van der Waals surface area contributed by atoms with Gasteiger partial charge in [0.25, 0.3) is 0 Å². The zero-order chi connectivity index (χ0) is 4.12. The Kier molecular flexibility index (Phi) is 14.8. The average Bonchev–Trinajstić information content (AvgIpc) is 1.41. The Labute approximate surface area is 51.7 Å². The molecule has 0 amide bonds. The summed E-state index contributed by atoms with van der Waals surface area (Å²) in [6, 6.07) is 0. The molecule has 0 spiro atoms. The molecular formula is C4H9LiN-. The molecular weight excluding hydrogens is 69.0 g/mol. The van der Waals surface area contributed by atoms with Crippen LogP contribution in [-0.2, 0) is 0 Å². The molecule has 0 heterocycles. The zero-order valence-electron chi connectivity index (χ0n) is 4.33. The van der Waals surface area contributed by atoms with E-state index < -0.39 is 0 Å².